The van der Waals surface area contributed by atoms with Crippen LogP contribution in [0.25, 0.3) is 0 Å². The van der Waals surface area contributed by atoms with Gasteiger partial charge in [-0.05, 0) is 24.3 Å². The zero-order chi connectivity index (χ0) is 9.56. The Balaban J connectivity index is 0.000000561. The van der Waals surface area contributed by atoms with E-state index in [0.29, 0.717) is 11.3 Å². The highest BCUT2D eigenvalue weighted by atomic mass is 14.7. The van der Waals surface area contributed by atoms with Gasteiger partial charge in [-0.15, -0.1) is 0 Å². The number of hydrogen-bond donors (Lipinski definition) is 3. The van der Waals surface area contributed by atoms with Gasteiger partial charge in [-0.3, -0.25) is 5.41 Å². The Kier molecular flexibility index (Phi) is 4.53. The van der Waals surface area contributed by atoms with Gasteiger partial charge in [0.1, 0.15) is 5.84 Å². The molecule has 0 spiro atoms. The van der Waals surface area contributed by atoms with E-state index in [1.165, 1.54) is 0 Å². The molecule has 3 nitrogen and oxygen atoms in total. The molecule has 12 heavy (non-hydrogen) atoms. The molecule has 0 aliphatic carbocycles. The van der Waals surface area contributed by atoms with Gasteiger partial charge in [-0.1, -0.05) is 13.8 Å². The van der Waals surface area contributed by atoms with E-state index < -0.39 is 0 Å². The van der Waals surface area contributed by atoms with Crippen molar-refractivity contribution in [2.75, 3.05) is 5.73 Å². The van der Waals surface area contributed by atoms with Crippen LogP contribution in [0.15, 0.2) is 24.3 Å². The van der Waals surface area contributed by atoms with Gasteiger partial charge in [0, 0.05) is 11.3 Å². The third kappa shape index (κ3) is 3.05. The van der Waals surface area contributed by atoms with Gasteiger partial charge < -0.3 is 11.5 Å². The molecule has 0 atom stereocenters. The number of amidine groups is 1. The molecule has 0 heterocycles. The average molecular weight is 165 g/mol. The summed E-state index contributed by atoms with van der Waals surface area (Å²) in [6, 6.07) is 6.88. The normalized spacial score (nSPS) is 8.17. The number of hydrogen-bond acceptors (Lipinski definition) is 2. The lowest BCUT2D eigenvalue weighted by Gasteiger charge is -1.96. The summed E-state index contributed by atoms with van der Waals surface area (Å²) in [6.45, 7) is 4.00. The molecule has 0 amide bonds. The maximum atomic E-state index is 7.04. The lowest BCUT2D eigenvalue weighted by Crippen LogP contribution is -2.10. The van der Waals surface area contributed by atoms with Gasteiger partial charge in [-0.25, -0.2) is 0 Å². The second-order valence-electron chi connectivity index (χ2n) is 2.04. The molecular weight excluding hydrogens is 150 g/mol. The molecule has 0 unspecified atom stereocenters. The second-order valence-corrected chi connectivity index (χ2v) is 2.04. The molecule has 0 aromatic heterocycles. The number of nitrogen functional groups attached to an aromatic ring is 2. The lowest BCUT2D eigenvalue weighted by molar-refractivity contribution is 1.42. The van der Waals surface area contributed by atoms with Crippen molar-refractivity contribution >= 4 is 11.5 Å². The van der Waals surface area contributed by atoms with Crippen LogP contribution >= 0.6 is 0 Å². The Bertz CT molecular complexity index is 238. The second kappa shape index (κ2) is 5.18. The first kappa shape index (κ1) is 10.5. The van der Waals surface area contributed by atoms with E-state index in [4.69, 9.17) is 16.9 Å². The first-order valence-corrected chi connectivity index (χ1v) is 3.90. The summed E-state index contributed by atoms with van der Waals surface area (Å²) in [4.78, 5) is 0. The molecule has 1 aromatic carbocycles. The van der Waals surface area contributed by atoms with Crippen LogP contribution in [0.1, 0.15) is 19.4 Å². The van der Waals surface area contributed by atoms with Crippen LogP contribution in [-0.2, 0) is 0 Å². The Morgan fingerprint density at radius 2 is 1.58 bits per heavy atom. The maximum Gasteiger partial charge on any atom is 0.122 e. The fourth-order valence-electron chi connectivity index (χ4n) is 0.663. The number of nitrogens with one attached hydrogen (secondary N) is 1. The maximum absolute atomic E-state index is 7.04. The van der Waals surface area contributed by atoms with Gasteiger partial charge in [0.2, 0.25) is 0 Å². The van der Waals surface area contributed by atoms with Crippen LogP contribution in [0.2, 0.25) is 0 Å². The van der Waals surface area contributed by atoms with Crippen molar-refractivity contribution in [1.29, 1.82) is 5.41 Å². The van der Waals surface area contributed by atoms with E-state index in [1.54, 1.807) is 24.3 Å². The molecule has 1 aromatic rings. The molecule has 0 aliphatic heterocycles. The molecule has 0 fully saturated rings. The smallest absolute Gasteiger partial charge is 0.122 e. The van der Waals surface area contributed by atoms with Crippen LogP contribution in [0.4, 0.5) is 5.69 Å². The topological polar surface area (TPSA) is 75.9 Å². The van der Waals surface area contributed by atoms with Crippen molar-refractivity contribution in [3.05, 3.63) is 29.8 Å². The van der Waals surface area contributed by atoms with Crippen molar-refractivity contribution in [3.8, 4) is 0 Å². The summed E-state index contributed by atoms with van der Waals surface area (Å²) < 4.78 is 0. The van der Waals surface area contributed by atoms with Crippen LogP contribution in [-0.4, -0.2) is 5.84 Å². The molecular formula is C9H15N3. The zero-order valence-electron chi connectivity index (χ0n) is 7.46. The largest absolute Gasteiger partial charge is 0.399 e. The molecule has 66 valence electrons. The molecule has 0 saturated carbocycles. The fraction of sp³-hybridized carbons (Fsp3) is 0.222. The Morgan fingerprint density at radius 1 is 1.17 bits per heavy atom. The predicted molar refractivity (Wildman–Crippen MR) is 53.2 cm³/mol. The SMILES string of the molecule is CC.N=C(N)c1ccc(N)cc1. The quantitative estimate of drug-likeness (QED) is 0.335. The minimum absolute atomic E-state index is 0.0694. The highest BCUT2D eigenvalue weighted by Crippen LogP contribution is 2.03. The van der Waals surface area contributed by atoms with E-state index in [2.05, 4.69) is 0 Å². The van der Waals surface area contributed by atoms with E-state index in [1.807, 2.05) is 13.8 Å². The Hall–Kier alpha value is -1.51. The average Bonchev–Trinajstić information content (AvgIpc) is 2.09. The van der Waals surface area contributed by atoms with Crippen LogP contribution in [0.5, 0.6) is 0 Å². The monoisotopic (exact) mass is 165 g/mol. The summed E-state index contributed by atoms with van der Waals surface area (Å²) >= 11 is 0. The molecule has 0 aliphatic rings. The van der Waals surface area contributed by atoms with Gasteiger partial charge in [0.15, 0.2) is 0 Å². The van der Waals surface area contributed by atoms with E-state index in [-0.39, 0.29) is 5.84 Å². The summed E-state index contributed by atoms with van der Waals surface area (Å²) in [5.41, 5.74) is 12.0. The Morgan fingerprint density at radius 3 is 1.92 bits per heavy atom. The van der Waals surface area contributed by atoms with E-state index in [9.17, 15) is 0 Å². The molecule has 0 bridgehead atoms. The molecule has 0 saturated heterocycles. The molecule has 1 rings (SSSR count). The standard InChI is InChI=1S/C7H9N3.C2H6/c8-6-3-1-5(2-4-6)7(9)10;1-2/h1-4H,8H2,(H3,9,10);1-2H3. The summed E-state index contributed by atoms with van der Waals surface area (Å²) in [5, 5.41) is 7.04. The van der Waals surface area contributed by atoms with Crippen LogP contribution < -0.4 is 11.5 Å². The van der Waals surface area contributed by atoms with Gasteiger partial charge in [0.05, 0.1) is 0 Å². The first-order chi connectivity index (χ1) is 5.70. The molecule has 3 heteroatoms. The number of benzene rings is 1. The Labute approximate surface area is 72.9 Å². The minimum atomic E-state index is 0.0694. The summed E-state index contributed by atoms with van der Waals surface area (Å²) in [5.74, 6) is 0.0694. The third-order valence-electron chi connectivity index (χ3n) is 1.22. The van der Waals surface area contributed by atoms with E-state index >= 15 is 0 Å². The number of nitrogens with two attached hydrogens (primary N) is 2. The van der Waals surface area contributed by atoms with Crippen molar-refractivity contribution in [3.63, 3.8) is 0 Å². The van der Waals surface area contributed by atoms with Crippen molar-refractivity contribution in [2.45, 2.75) is 13.8 Å². The summed E-state index contributed by atoms with van der Waals surface area (Å²) in [6.07, 6.45) is 0. The predicted octanol–water partition coefficient (Wildman–Crippen LogP) is 1.58. The van der Waals surface area contributed by atoms with Gasteiger partial charge in [-0.2, -0.15) is 0 Å². The third-order valence-corrected chi connectivity index (χ3v) is 1.22. The van der Waals surface area contributed by atoms with Gasteiger partial charge >= 0.3 is 0 Å². The number of rotatable bonds is 1. The van der Waals surface area contributed by atoms with Crippen LogP contribution in [0.3, 0.4) is 0 Å². The fourth-order valence-corrected chi connectivity index (χ4v) is 0.663. The van der Waals surface area contributed by atoms with Crippen LogP contribution in [0, 0.1) is 5.41 Å². The first-order valence-electron chi connectivity index (χ1n) is 3.90. The molecule has 5 N–H and O–H groups in total. The highest BCUT2D eigenvalue weighted by Gasteiger charge is 1.92. The highest BCUT2D eigenvalue weighted by molar-refractivity contribution is 5.95. The summed E-state index contributed by atoms with van der Waals surface area (Å²) in [7, 11) is 0. The van der Waals surface area contributed by atoms with Crippen molar-refractivity contribution in [1.82, 2.24) is 0 Å². The number of anilines is 1. The minimum Gasteiger partial charge on any atom is -0.399 e. The van der Waals surface area contributed by atoms with Gasteiger partial charge in [0.25, 0.3) is 0 Å². The van der Waals surface area contributed by atoms with Crippen molar-refractivity contribution < 1.29 is 0 Å². The molecule has 0 radical (unpaired) electrons. The zero-order valence-corrected chi connectivity index (χ0v) is 7.46. The van der Waals surface area contributed by atoms with E-state index in [0.717, 1.165) is 0 Å². The van der Waals surface area contributed by atoms with Crippen molar-refractivity contribution in [2.24, 2.45) is 5.73 Å². The lowest BCUT2D eigenvalue weighted by atomic mass is 10.2.